The second-order valence-corrected chi connectivity index (χ2v) is 5.95. The zero-order valence-corrected chi connectivity index (χ0v) is 12.7. The summed E-state index contributed by atoms with van der Waals surface area (Å²) < 4.78 is 18.9. The van der Waals surface area contributed by atoms with Gasteiger partial charge in [-0.2, -0.15) is 0 Å². The summed E-state index contributed by atoms with van der Waals surface area (Å²) in [5.41, 5.74) is 2.04. The number of hydrogen-bond donors (Lipinski definition) is 1. The topological polar surface area (TPSA) is 21.3 Å². The van der Waals surface area contributed by atoms with E-state index in [1.54, 1.807) is 6.07 Å². The van der Waals surface area contributed by atoms with E-state index in [1.165, 1.54) is 11.6 Å². The van der Waals surface area contributed by atoms with Gasteiger partial charge in [-0.05, 0) is 63.9 Å². The molecule has 0 radical (unpaired) electrons. The van der Waals surface area contributed by atoms with Crippen LogP contribution in [0.5, 0.6) is 0 Å². The first kappa shape index (κ1) is 16.1. The van der Waals surface area contributed by atoms with Crippen molar-refractivity contribution >= 4 is 0 Å². The van der Waals surface area contributed by atoms with Crippen molar-refractivity contribution in [3.8, 4) is 0 Å². The maximum atomic E-state index is 13.1. The van der Waals surface area contributed by atoms with Crippen LogP contribution in [0.4, 0.5) is 4.39 Å². The molecule has 1 unspecified atom stereocenters. The molecule has 0 aliphatic rings. The van der Waals surface area contributed by atoms with E-state index in [-0.39, 0.29) is 17.5 Å². The van der Waals surface area contributed by atoms with E-state index in [9.17, 15) is 4.39 Å². The van der Waals surface area contributed by atoms with Gasteiger partial charge in [-0.3, -0.25) is 0 Å². The van der Waals surface area contributed by atoms with Crippen molar-refractivity contribution in [2.75, 3.05) is 13.2 Å². The summed E-state index contributed by atoms with van der Waals surface area (Å²) in [5.74, 6) is -0.174. The predicted molar refractivity (Wildman–Crippen MR) is 78.0 cm³/mol. The Bertz CT molecular complexity index is 398. The van der Waals surface area contributed by atoms with Crippen LogP contribution in [0.25, 0.3) is 0 Å². The molecule has 1 aromatic rings. The molecule has 2 nitrogen and oxygen atoms in total. The van der Waals surface area contributed by atoms with Gasteiger partial charge >= 0.3 is 0 Å². The lowest BCUT2D eigenvalue weighted by atomic mass is 10.0. The van der Waals surface area contributed by atoms with E-state index in [0.29, 0.717) is 6.61 Å². The van der Waals surface area contributed by atoms with Crippen LogP contribution < -0.4 is 5.32 Å². The summed E-state index contributed by atoms with van der Waals surface area (Å²) in [4.78, 5) is 0. The Kier molecular flexibility index (Phi) is 5.95. The molecule has 0 aromatic heterocycles. The number of halogens is 1. The van der Waals surface area contributed by atoms with Crippen molar-refractivity contribution in [1.82, 2.24) is 5.32 Å². The Morgan fingerprint density at radius 2 is 2.00 bits per heavy atom. The van der Waals surface area contributed by atoms with Crippen LogP contribution in [-0.4, -0.2) is 24.8 Å². The quantitative estimate of drug-likeness (QED) is 0.852. The van der Waals surface area contributed by atoms with Crippen molar-refractivity contribution in [1.29, 1.82) is 0 Å². The third-order valence-electron chi connectivity index (χ3n) is 2.98. The fraction of sp³-hybridized carbons (Fsp3) is 0.625. The van der Waals surface area contributed by atoms with E-state index in [4.69, 9.17) is 4.74 Å². The number of nitrogens with one attached hydrogen (secondary N) is 1. The highest BCUT2D eigenvalue weighted by molar-refractivity contribution is 5.27. The van der Waals surface area contributed by atoms with E-state index in [1.807, 2.05) is 13.0 Å². The zero-order chi connectivity index (χ0) is 14.5. The molecule has 0 bridgehead atoms. The minimum absolute atomic E-state index is 0.133. The first-order valence-corrected chi connectivity index (χ1v) is 6.94. The standard InChI is InChI=1S/C16H26FNO/c1-6-18-15(11-19-16(3,4)5)10-13-7-8-14(17)9-12(13)2/h7-9,15,18H,6,10-11H2,1-5H3. The van der Waals surface area contributed by atoms with Crippen LogP contribution in [0.3, 0.4) is 0 Å². The molecule has 1 rings (SSSR count). The third kappa shape index (κ3) is 6.17. The molecule has 108 valence electrons. The van der Waals surface area contributed by atoms with Gasteiger partial charge in [0.25, 0.3) is 0 Å². The number of hydrogen-bond acceptors (Lipinski definition) is 2. The van der Waals surface area contributed by atoms with Crippen LogP contribution in [-0.2, 0) is 11.2 Å². The Labute approximate surface area is 116 Å². The molecule has 0 fully saturated rings. The van der Waals surface area contributed by atoms with E-state index in [0.717, 1.165) is 18.5 Å². The highest BCUT2D eigenvalue weighted by atomic mass is 19.1. The highest BCUT2D eigenvalue weighted by Gasteiger charge is 2.16. The fourth-order valence-corrected chi connectivity index (χ4v) is 1.98. The maximum Gasteiger partial charge on any atom is 0.123 e. The fourth-order valence-electron chi connectivity index (χ4n) is 1.98. The molecule has 0 heterocycles. The average Bonchev–Trinajstić information content (AvgIpc) is 2.28. The summed E-state index contributed by atoms with van der Waals surface area (Å²) in [6, 6.07) is 5.23. The van der Waals surface area contributed by atoms with Gasteiger partial charge in [0.2, 0.25) is 0 Å². The molecule has 19 heavy (non-hydrogen) atoms. The second kappa shape index (κ2) is 7.01. The summed E-state index contributed by atoms with van der Waals surface area (Å²) in [6.45, 7) is 11.8. The van der Waals surface area contributed by atoms with Crippen LogP contribution in [0.2, 0.25) is 0 Å². The van der Waals surface area contributed by atoms with Crippen molar-refractivity contribution in [2.45, 2.75) is 52.7 Å². The molecule has 0 spiro atoms. The summed E-state index contributed by atoms with van der Waals surface area (Å²) in [5, 5.41) is 3.43. The SMILES string of the molecule is CCNC(COC(C)(C)C)Cc1ccc(F)cc1C. The largest absolute Gasteiger partial charge is 0.374 e. The van der Waals surface area contributed by atoms with Crippen LogP contribution in [0.1, 0.15) is 38.8 Å². The van der Waals surface area contributed by atoms with Crippen molar-refractivity contribution in [3.63, 3.8) is 0 Å². The smallest absolute Gasteiger partial charge is 0.123 e. The van der Waals surface area contributed by atoms with Crippen LogP contribution in [0, 0.1) is 12.7 Å². The predicted octanol–water partition coefficient (Wildman–Crippen LogP) is 3.47. The molecular formula is C16H26FNO. The Morgan fingerprint density at radius 3 is 2.53 bits per heavy atom. The molecule has 1 atom stereocenters. The summed E-state index contributed by atoms with van der Waals surface area (Å²) >= 11 is 0. The molecule has 1 N–H and O–H groups in total. The van der Waals surface area contributed by atoms with Crippen molar-refractivity contribution in [3.05, 3.63) is 35.1 Å². The zero-order valence-electron chi connectivity index (χ0n) is 12.7. The lowest BCUT2D eigenvalue weighted by Gasteiger charge is -2.25. The molecule has 0 aliphatic carbocycles. The molecule has 0 saturated carbocycles. The van der Waals surface area contributed by atoms with E-state index >= 15 is 0 Å². The number of ether oxygens (including phenoxy) is 1. The Balaban J connectivity index is 2.67. The molecule has 3 heteroatoms. The minimum atomic E-state index is -0.174. The van der Waals surface area contributed by atoms with E-state index in [2.05, 4.69) is 33.0 Å². The number of rotatable bonds is 6. The van der Waals surface area contributed by atoms with Gasteiger partial charge in [0.15, 0.2) is 0 Å². The first-order chi connectivity index (χ1) is 8.81. The normalized spacial score (nSPS) is 13.6. The summed E-state index contributed by atoms with van der Waals surface area (Å²) in [6.07, 6.45) is 0.857. The first-order valence-electron chi connectivity index (χ1n) is 6.94. The van der Waals surface area contributed by atoms with Crippen molar-refractivity contribution < 1.29 is 9.13 Å². The second-order valence-electron chi connectivity index (χ2n) is 5.95. The van der Waals surface area contributed by atoms with Gasteiger partial charge in [0.05, 0.1) is 12.2 Å². The van der Waals surface area contributed by atoms with Gasteiger partial charge in [-0.15, -0.1) is 0 Å². The maximum absolute atomic E-state index is 13.1. The van der Waals surface area contributed by atoms with E-state index < -0.39 is 0 Å². The minimum Gasteiger partial charge on any atom is -0.374 e. The monoisotopic (exact) mass is 267 g/mol. The number of aryl methyl sites for hydroxylation is 1. The van der Waals surface area contributed by atoms with Gasteiger partial charge in [0, 0.05) is 6.04 Å². The number of benzene rings is 1. The number of likely N-dealkylation sites (N-methyl/N-ethyl adjacent to an activating group) is 1. The van der Waals surface area contributed by atoms with Gasteiger partial charge in [-0.1, -0.05) is 13.0 Å². The molecule has 0 aliphatic heterocycles. The molecule has 0 saturated heterocycles. The van der Waals surface area contributed by atoms with Crippen molar-refractivity contribution in [2.24, 2.45) is 0 Å². The average molecular weight is 267 g/mol. The Hall–Kier alpha value is -0.930. The molecular weight excluding hydrogens is 241 g/mol. The Morgan fingerprint density at radius 1 is 1.32 bits per heavy atom. The van der Waals surface area contributed by atoms with Gasteiger partial charge in [-0.25, -0.2) is 4.39 Å². The third-order valence-corrected chi connectivity index (χ3v) is 2.98. The lowest BCUT2D eigenvalue weighted by molar-refractivity contribution is -0.0141. The molecule has 0 amide bonds. The van der Waals surface area contributed by atoms with Gasteiger partial charge in [0.1, 0.15) is 5.82 Å². The van der Waals surface area contributed by atoms with Crippen LogP contribution >= 0.6 is 0 Å². The van der Waals surface area contributed by atoms with Crippen LogP contribution in [0.15, 0.2) is 18.2 Å². The lowest BCUT2D eigenvalue weighted by Crippen LogP contribution is -2.38. The molecule has 1 aromatic carbocycles. The highest BCUT2D eigenvalue weighted by Crippen LogP contribution is 2.14. The summed E-state index contributed by atoms with van der Waals surface area (Å²) in [7, 11) is 0. The van der Waals surface area contributed by atoms with Gasteiger partial charge < -0.3 is 10.1 Å².